The van der Waals surface area contributed by atoms with Gasteiger partial charge in [0, 0.05) is 11.9 Å². The number of aryl methyl sites for hydroxylation is 1. The molecule has 0 aromatic heterocycles. The minimum atomic E-state index is -0.156. The SMILES string of the molecule is Cc1cc(F)ccc1CNCC1CCC(Cl)CC1. The Labute approximate surface area is 114 Å². The van der Waals surface area contributed by atoms with Crippen LogP contribution in [-0.4, -0.2) is 11.9 Å². The van der Waals surface area contributed by atoms with Gasteiger partial charge in [-0.2, -0.15) is 0 Å². The maximum Gasteiger partial charge on any atom is 0.123 e. The first-order chi connectivity index (χ1) is 8.65. The highest BCUT2D eigenvalue weighted by Gasteiger charge is 2.18. The number of rotatable bonds is 4. The zero-order valence-electron chi connectivity index (χ0n) is 10.9. The summed E-state index contributed by atoms with van der Waals surface area (Å²) in [6.07, 6.45) is 4.74. The lowest BCUT2D eigenvalue weighted by Crippen LogP contribution is -2.26. The summed E-state index contributed by atoms with van der Waals surface area (Å²) in [7, 11) is 0. The average molecular weight is 270 g/mol. The van der Waals surface area contributed by atoms with Crippen LogP contribution in [-0.2, 0) is 6.54 Å². The molecule has 1 aromatic carbocycles. The predicted molar refractivity (Wildman–Crippen MR) is 74.4 cm³/mol. The van der Waals surface area contributed by atoms with Crippen molar-refractivity contribution in [3.8, 4) is 0 Å². The van der Waals surface area contributed by atoms with Gasteiger partial charge in [0.15, 0.2) is 0 Å². The van der Waals surface area contributed by atoms with Crippen LogP contribution in [0.25, 0.3) is 0 Å². The largest absolute Gasteiger partial charge is 0.312 e. The molecule has 100 valence electrons. The van der Waals surface area contributed by atoms with Gasteiger partial charge >= 0.3 is 0 Å². The normalized spacial score (nSPS) is 24.2. The van der Waals surface area contributed by atoms with E-state index in [4.69, 9.17) is 11.6 Å². The van der Waals surface area contributed by atoms with Crippen molar-refractivity contribution >= 4 is 11.6 Å². The van der Waals surface area contributed by atoms with E-state index in [1.165, 1.54) is 24.5 Å². The van der Waals surface area contributed by atoms with Crippen molar-refractivity contribution in [2.45, 2.75) is 44.5 Å². The van der Waals surface area contributed by atoms with Gasteiger partial charge in [0.05, 0.1) is 0 Å². The summed E-state index contributed by atoms with van der Waals surface area (Å²) in [6.45, 7) is 3.83. The Hall–Kier alpha value is -0.600. The molecule has 0 bridgehead atoms. The zero-order valence-corrected chi connectivity index (χ0v) is 11.6. The Morgan fingerprint density at radius 3 is 2.67 bits per heavy atom. The van der Waals surface area contributed by atoms with E-state index in [0.717, 1.165) is 37.4 Å². The maximum atomic E-state index is 13.0. The van der Waals surface area contributed by atoms with Crippen LogP contribution >= 0.6 is 11.6 Å². The molecular formula is C15H21ClFN. The zero-order chi connectivity index (χ0) is 13.0. The molecule has 1 aliphatic carbocycles. The van der Waals surface area contributed by atoms with Crippen molar-refractivity contribution < 1.29 is 4.39 Å². The first-order valence-electron chi connectivity index (χ1n) is 6.75. The quantitative estimate of drug-likeness (QED) is 0.814. The van der Waals surface area contributed by atoms with Crippen LogP contribution in [0.1, 0.15) is 36.8 Å². The second-order valence-electron chi connectivity index (χ2n) is 5.32. The van der Waals surface area contributed by atoms with Crippen molar-refractivity contribution in [2.24, 2.45) is 5.92 Å². The lowest BCUT2D eigenvalue weighted by Gasteiger charge is -2.25. The Balaban J connectivity index is 1.75. The molecule has 1 saturated carbocycles. The van der Waals surface area contributed by atoms with Crippen molar-refractivity contribution in [3.63, 3.8) is 0 Å². The van der Waals surface area contributed by atoms with Crippen molar-refractivity contribution in [1.29, 1.82) is 0 Å². The molecule has 1 aliphatic rings. The van der Waals surface area contributed by atoms with Gasteiger partial charge in [0.1, 0.15) is 5.82 Å². The third kappa shape index (κ3) is 3.96. The standard InChI is InChI=1S/C15H21ClFN/c1-11-8-15(17)7-4-13(11)10-18-9-12-2-5-14(16)6-3-12/h4,7-8,12,14,18H,2-3,5-6,9-10H2,1H3. The van der Waals surface area contributed by atoms with Crippen molar-refractivity contribution in [2.75, 3.05) is 6.54 Å². The monoisotopic (exact) mass is 269 g/mol. The van der Waals surface area contributed by atoms with Crippen LogP contribution in [0.4, 0.5) is 4.39 Å². The Bertz CT molecular complexity index is 386. The van der Waals surface area contributed by atoms with E-state index in [1.807, 2.05) is 13.0 Å². The highest BCUT2D eigenvalue weighted by atomic mass is 35.5. The number of nitrogens with one attached hydrogen (secondary N) is 1. The molecule has 0 unspecified atom stereocenters. The molecule has 0 atom stereocenters. The molecular weight excluding hydrogens is 249 g/mol. The van der Waals surface area contributed by atoms with Crippen LogP contribution in [0.15, 0.2) is 18.2 Å². The molecule has 0 amide bonds. The second-order valence-corrected chi connectivity index (χ2v) is 5.94. The lowest BCUT2D eigenvalue weighted by molar-refractivity contribution is 0.345. The third-order valence-electron chi connectivity index (χ3n) is 3.83. The summed E-state index contributed by atoms with van der Waals surface area (Å²) in [5.41, 5.74) is 2.20. The summed E-state index contributed by atoms with van der Waals surface area (Å²) in [5.74, 6) is 0.595. The first-order valence-corrected chi connectivity index (χ1v) is 7.18. The van der Waals surface area contributed by atoms with E-state index in [-0.39, 0.29) is 5.82 Å². The van der Waals surface area contributed by atoms with Gasteiger partial charge in [0.25, 0.3) is 0 Å². The molecule has 18 heavy (non-hydrogen) atoms. The molecule has 2 rings (SSSR count). The van der Waals surface area contributed by atoms with Crippen LogP contribution in [0.3, 0.4) is 0 Å². The Kier molecular flexibility index (Phi) is 5.02. The Morgan fingerprint density at radius 1 is 1.28 bits per heavy atom. The van der Waals surface area contributed by atoms with Gasteiger partial charge in [-0.1, -0.05) is 6.07 Å². The van der Waals surface area contributed by atoms with E-state index in [1.54, 1.807) is 6.07 Å². The minimum absolute atomic E-state index is 0.156. The number of hydrogen-bond acceptors (Lipinski definition) is 1. The molecule has 1 aromatic rings. The molecule has 1 fully saturated rings. The molecule has 1 N–H and O–H groups in total. The fraction of sp³-hybridized carbons (Fsp3) is 0.600. The highest BCUT2D eigenvalue weighted by Crippen LogP contribution is 2.27. The second kappa shape index (κ2) is 6.53. The van der Waals surface area contributed by atoms with E-state index >= 15 is 0 Å². The van der Waals surface area contributed by atoms with E-state index in [9.17, 15) is 4.39 Å². The van der Waals surface area contributed by atoms with Crippen LogP contribution in [0, 0.1) is 18.7 Å². The summed E-state index contributed by atoms with van der Waals surface area (Å²) in [6, 6.07) is 4.99. The highest BCUT2D eigenvalue weighted by molar-refractivity contribution is 6.20. The predicted octanol–water partition coefficient (Wildman–Crippen LogP) is 4.02. The van der Waals surface area contributed by atoms with Gasteiger partial charge in [-0.25, -0.2) is 4.39 Å². The molecule has 0 saturated heterocycles. The van der Waals surface area contributed by atoms with Gasteiger partial charge in [-0.15, -0.1) is 11.6 Å². The molecule has 0 spiro atoms. The Morgan fingerprint density at radius 2 is 2.00 bits per heavy atom. The van der Waals surface area contributed by atoms with Crippen LogP contribution in [0.2, 0.25) is 0 Å². The number of alkyl halides is 1. The minimum Gasteiger partial charge on any atom is -0.312 e. The van der Waals surface area contributed by atoms with Gasteiger partial charge in [-0.3, -0.25) is 0 Å². The summed E-state index contributed by atoms with van der Waals surface area (Å²) < 4.78 is 13.0. The summed E-state index contributed by atoms with van der Waals surface area (Å²) in [4.78, 5) is 0. The van der Waals surface area contributed by atoms with Gasteiger partial charge in [0.2, 0.25) is 0 Å². The van der Waals surface area contributed by atoms with Gasteiger partial charge < -0.3 is 5.32 Å². The van der Waals surface area contributed by atoms with Crippen molar-refractivity contribution in [1.82, 2.24) is 5.32 Å². The number of hydrogen-bond donors (Lipinski definition) is 1. The fourth-order valence-electron chi connectivity index (χ4n) is 2.59. The number of benzene rings is 1. The fourth-order valence-corrected chi connectivity index (χ4v) is 2.85. The van der Waals surface area contributed by atoms with E-state index < -0.39 is 0 Å². The van der Waals surface area contributed by atoms with Crippen LogP contribution < -0.4 is 5.32 Å². The molecule has 0 heterocycles. The molecule has 0 aliphatic heterocycles. The lowest BCUT2D eigenvalue weighted by atomic mass is 9.89. The third-order valence-corrected chi connectivity index (χ3v) is 4.27. The smallest absolute Gasteiger partial charge is 0.123 e. The van der Waals surface area contributed by atoms with Crippen LogP contribution in [0.5, 0.6) is 0 Å². The maximum absolute atomic E-state index is 13.0. The number of halogens is 2. The molecule has 1 nitrogen and oxygen atoms in total. The van der Waals surface area contributed by atoms with Crippen molar-refractivity contribution in [3.05, 3.63) is 35.1 Å². The average Bonchev–Trinajstić information content (AvgIpc) is 2.34. The summed E-state index contributed by atoms with van der Waals surface area (Å²) >= 11 is 6.09. The molecule has 0 radical (unpaired) electrons. The molecule has 3 heteroatoms. The topological polar surface area (TPSA) is 12.0 Å². The summed E-state index contributed by atoms with van der Waals surface area (Å²) in [5, 5.41) is 3.87. The van der Waals surface area contributed by atoms with Gasteiger partial charge in [-0.05, 0) is 68.3 Å². The van der Waals surface area contributed by atoms with E-state index in [2.05, 4.69) is 5.32 Å². The first kappa shape index (κ1) is 13.8. The van der Waals surface area contributed by atoms with E-state index in [0.29, 0.717) is 5.38 Å².